The Labute approximate surface area is 118 Å². The standard InChI is InChI=1S/C15H20N2OS/c1-10-7-5-6-8-13(10)14(16-4)9-19-15-17-11(2)12(3)18-15/h5-8,14,16H,9H2,1-4H3. The molecule has 1 atom stereocenters. The number of oxazole rings is 1. The van der Waals surface area contributed by atoms with Crippen LogP contribution in [0.5, 0.6) is 0 Å². The molecule has 3 nitrogen and oxygen atoms in total. The summed E-state index contributed by atoms with van der Waals surface area (Å²) < 4.78 is 5.60. The number of hydrogen-bond donors (Lipinski definition) is 1. The topological polar surface area (TPSA) is 38.1 Å². The minimum Gasteiger partial charge on any atom is -0.437 e. The Morgan fingerprint density at radius 3 is 2.58 bits per heavy atom. The normalized spacial score (nSPS) is 12.6. The molecule has 1 aromatic carbocycles. The van der Waals surface area contributed by atoms with Gasteiger partial charge >= 0.3 is 0 Å². The van der Waals surface area contributed by atoms with Crippen molar-refractivity contribution >= 4 is 11.8 Å². The van der Waals surface area contributed by atoms with Crippen LogP contribution in [0.1, 0.15) is 28.6 Å². The first-order valence-electron chi connectivity index (χ1n) is 6.41. The first kappa shape index (κ1) is 14.2. The van der Waals surface area contributed by atoms with Crippen molar-refractivity contribution < 1.29 is 4.42 Å². The van der Waals surface area contributed by atoms with Gasteiger partial charge in [-0.05, 0) is 38.9 Å². The van der Waals surface area contributed by atoms with Crippen LogP contribution in [0.4, 0.5) is 0 Å². The smallest absolute Gasteiger partial charge is 0.256 e. The van der Waals surface area contributed by atoms with E-state index in [1.165, 1.54) is 11.1 Å². The summed E-state index contributed by atoms with van der Waals surface area (Å²) in [7, 11) is 1.99. The van der Waals surface area contributed by atoms with Crippen LogP contribution in [0.2, 0.25) is 0 Å². The lowest BCUT2D eigenvalue weighted by Crippen LogP contribution is -2.19. The molecule has 102 valence electrons. The van der Waals surface area contributed by atoms with Gasteiger partial charge in [0.1, 0.15) is 5.76 Å². The maximum atomic E-state index is 5.60. The lowest BCUT2D eigenvalue weighted by atomic mass is 10.0. The predicted molar refractivity (Wildman–Crippen MR) is 79.7 cm³/mol. The summed E-state index contributed by atoms with van der Waals surface area (Å²) >= 11 is 1.65. The number of nitrogens with one attached hydrogen (secondary N) is 1. The molecule has 0 bridgehead atoms. The number of benzene rings is 1. The molecule has 1 heterocycles. The first-order valence-corrected chi connectivity index (χ1v) is 7.40. The van der Waals surface area contributed by atoms with E-state index in [0.29, 0.717) is 6.04 Å². The Hall–Kier alpha value is -1.26. The van der Waals surface area contributed by atoms with Crippen LogP contribution in [0.3, 0.4) is 0 Å². The molecular weight excluding hydrogens is 256 g/mol. The molecule has 0 aliphatic heterocycles. The lowest BCUT2D eigenvalue weighted by Gasteiger charge is -2.17. The van der Waals surface area contributed by atoms with E-state index in [-0.39, 0.29) is 0 Å². The number of thioether (sulfide) groups is 1. The lowest BCUT2D eigenvalue weighted by molar-refractivity contribution is 0.430. The molecule has 1 aromatic heterocycles. The maximum absolute atomic E-state index is 5.60. The highest BCUT2D eigenvalue weighted by Gasteiger charge is 2.14. The van der Waals surface area contributed by atoms with E-state index in [9.17, 15) is 0 Å². The van der Waals surface area contributed by atoms with Gasteiger partial charge in [-0.2, -0.15) is 0 Å². The molecule has 0 aliphatic carbocycles. The van der Waals surface area contributed by atoms with Crippen LogP contribution >= 0.6 is 11.8 Å². The largest absolute Gasteiger partial charge is 0.437 e. The highest BCUT2D eigenvalue weighted by molar-refractivity contribution is 7.99. The molecule has 0 aliphatic rings. The summed E-state index contributed by atoms with van der Waals surface area (Å²) in [5.41, 5.74) is 3.61. The van der Waals surface area contributed by atoms with Gasteiger partial charge in [0.2, 0.25) is 0 Å². The molecule has 0 saturated carbocycles. The summed E-state index contributed by atoms with van der Waals surface area (Å²) in [6.45, 7) is 6.06. The second-order valence-corrected chi connectivity index (χ2v) is 5.60. The zero-order valence-electron chi connectivity index (χ0n) is 11.9. The van der Waals surface area contributed by atoms with E-state index >= 15 is 0 Å². The Morgan fingerprint density at radius 2 is 2.00 bits per heavy atom. The molecule has 1 N–H and O–H groups in total. The van der Waals surface area contributed by atoms with Gasteiger partial charge in [0.05, 0.1) is 5.69 Å². The van der Waals surface area contributed by atoms with Gasteiger partial charge in [0.15, 0.2) is 0 Å². The molecule has 0 spiro atoms. The molecule has 0 amide bonds. The molecule has 0 fully saturated rings. The van der Waals surface area contributed by atoms with Crippen molar-refractivity contribution in [2.24, 2.45) is 0 Å². The van der Waals surface area contributed by atoms with E-state index in [0.717, 1.165) is 22.4 Å². The Balaban J connectivity index is 2.06. The molecular formula is C15H20N2OS. The van der Waals surface area contributed by atoms with Crippen molar-refractivity contribution in [1.82, 2.24) is 10.3 Å². The zero-order chi connectivity index (χ0) is 13.8. The number of hydrogen-bond acceptors (Lipinski definition) is 4. The summed E-state index contributed by atoms with van der Waals surface area (Å²) in [5, 5.41) is 4.11. The van der Waals surface area contributed by atoms with Gasteiger partial charge in [0.25, 0.3) is 5.22 Å². The van der Waals surface area contributed by atoms with Gasteiger partial charge in [0, 0.05) is 11.8 Å². The minimum absolute atomic E-state index is 0.304. The average Bonchev–Trinajstić information content (AvgIpc) is 2.71. The Bertz CT molecular complexity index is 531. The number of aromatic nitrogens is 1. The fraction of sp³-hybridized carbons (Fsp3) is 0.400. The first-order chi connectivity index (χ1) is 9.11. The van der Waals surface area contributed by atoms with E-state index < -0.39 is 0 Å². The highest BCUT2D eigenvalue weighted by atomic mass is 32.2. The van der Waals surface area contributed by atoms with E-state index in [1.54, 1.807) is 11.8 Å². The molecule has 4 heteroatoms. The van der Waals surface area contributed by atoms with Crippen molar-refractivity contribution in [2.75, 3.05) is 12.8 Å². The summed E-state index contributed by atoms with van der Waals surface area (Å²) in [6.07, 6.45) is 0. The van der Waals surface area contributed by atoms with E-state index in [2.05, 4.69) is 41.5 Å². The molecule has 0 radical (unpaired) electrons. The van der Waals surface area contributed by atoms with Crippen LogP contribution in [0.15, 0.2) is 33.9 Å². The Kier molecular flexibility index (Phi) is 4.66. The third kappa shape index (κ3) is 3.39. The third-order valence-electron chi connectivity index (χ3n) is 3.29. The zero-order valence-corrected chi connectivity index (χ0v) is 12.7. The summed E-state index contributed by atoms with van der Waals surface area (Å²) in [6, 6.07) is 8.77. The van der Waals surface area contributed by atoms with Gasteiger partial charge < -0.3 is 9.73 Å². The Morgan fingerprint density at radius 1 is 1.26 bits per heavy atom. The van der Waals surface area contributed by atoms with Crippen LogP contribution < -0.4 is 5.32 Å². The SMILES string of the molecule is CNC(CSc1nc(C)c(C)o1)c1ccccc1C. The quantitative estimate of drug-likeness (QED) is 0.846. The van der Waals surface area contributed by atoms with Crippen molar-refractivity contribution in [3.05, 3.63) is 46.8 Å². The van der Waals surface area contributed by atoms with Crippen molar-refractivity contribution in [3.63, 3.8) is 0 Å². The molecule has 2 rings (SSSR count). The van der Waals surface area contributed by atoms with Crippen molar-refractivity contribution in [2.45, 2.75) is 32.0 Å². The predicted octanol–water partition coefficient (Wildman–Crippen LogP) is 3.65. The van der Waals surface area contributed by atoms with Gasteiger partial charge in [-0.25, -0.2) is 4.98 Å². The monoisotopic (exact) mass is 276 g/mol. The number of aryl methyl sites for hydroxylation is 3. The van der Waals surface area contributed by atoms with Gasteiger partial charge in [-0.15, -0.1) is 0 Å². The van der Waals surface area contributed by atoms with Crippen LogP contribution in [0, 0.1) is 20.8 Å². The maximum Gasteiger partial charge on any atom is 0.256 e. The van der Waals surface area contributed by atoms with E-state index in [4.69, 9.17) is 4.42 Å². The third-order valence-corrected chi connectivity index (χ3v) is 4.22. The highest BCUT2D eigenvalue weighted by Crippen LogP contribution is 2.26. The van der Waals surface area contributed by atoms with Crippen molar-refractivity contribution in [1.29, 1.82) is 0 Å². The fourth-order valence-electron chi connectivity index (χ4n) is 1.97. The van der Waals surface area contributed by atoms with Gasteiger partial charge in [-0.3, -0.25) is 0 Å². The average molecular weight is 276 g/mol. The molecule has 19 heavy (non-hydrogen) atoms. The number of rotatable bonds is 5. The van der Waals surface area contributed by atoms with Gasteiger partial charge in [-0.1, -0.05) is 36.0 Å². The van der Waals surface area contributed by atoms with Crippen LogP contribution in [-0.4, -0.2) is 17.8 Å². The summed E-state index contributed by atoms with van der Waals surface area (Å²) in [4.78, 5) is 4.40. The van der Waals surface area contributed by atoms with E-state index in [1.807, 2.05) is 20.9 Å². The molecule has 1 unspecified atom stereocenters. The molecule has 0 saturated heterocycles. The molecule has 2 aromatic rings. The fourth-order valence-corrected chi connectivity index (χ4v) is 3.01. The summed E-state index contributed by atoms with van der Waals surface area (Å²) in [5.74, 6) is 1.81. The number of nitrogens with zero attached hydrogens (tertiary/aromatic N) is 1. The second kappa shape index (κ2) is 6.26. The van der Waals surface area contributed by atoms with Crippen LogP contribution in [0.25, 0.3) is 0 Å². The minimum atomic E-state index is 0.304. The van der Waals surface area contributed by atoms with Crippen molar-refractivity contribution in [3.8, 4) is 0 Å². The van der Waals surface area contributed by atoms with Crippen LogP contribution in [-0.2, 0) is 0 Å². The second-order valence-electron chi connectivity index (χ2n) is 4.63.